The monoisotopic (exact) mass is 444 g/mol. The lowest BCUT2D eigenvalue weighted by Crippen LogP contribution is -2.30. The van der Waals surface area contributed by atoms with Crippen molar-refractivity contribution in [3.8, 4) is 11.5 Å². The number of rotatable bonds is 9. The normalized spacial score (nSPS) is 11.4. The van der Waals surface area contributed by atoms with Crippen LogP contribution in [0.3, 0.4) is 0 Å². The van der Waals surface area contributed by atoms with Crippen molar-refractivity contribution in [3.63, 3.8) is 0 Å². The predicted molar refractivity (Wildman–Crippen MR) is 115 cm³/mol. The topological polar surface area (TPSA) is 98.1 Å². The molecule has 3 aromatic rings. The molecule has 0 saturated heterocycles. The molecule has 0 fully saturated rings. The summed E-state index contributed by atoms with van der Waals surface area (Å²) in [6, 6.07) is 14.8. The third-order valence-corrected chi connectivity index (χ3v) is 6.52. The Morgan fingerprint density at radius 2 is 1.77 bits per heavy atom. The van der Waals surface area contributed by atoms with Gasteiger partial charge in [0, 0.05) is 25.2 Å². The number of nitrogens with zero attached hydrogens (tertiary/aromatic N) is 1. The van der Waals surface area contributed by atoms with Gasteiger partial charge in [0.2, 0.25) is 10.0 Å². The number of methoxy groups -OCH3 is 2. The van der Waals surface area contributed by atoms with E-state index in [1.807, 2.05) is 0 Å². The van der Waals surface area contributed by atoms with Crippen LogP contribution in [0.25, 0.3) is 0 Å². The maximum absolute atomic E-state index is 13.6. The van der Waals surface area contributed by atoms with Gasteiger partial charge in [-0.25, -0.2) is 8.42 Å². The van der Waals surface area contributed by atoms with Gasteiger partial charge in [-0.3, -0.25) is 4.79 Å². The van der Waals surface area contributed by atoms with Gasteiger partial charge < -0.3 is 19.2 Å². The Morgan fingerprint density at radius 3 is 2.35 bits per heavy atom. The second kappa shape index (κ2) is 9.67. The molecule has 9 heteroatoms. The summed E-state index contributed by atoms with van der Waals surface area (Å²) in [4.78, 5) is 11.8. The van der Waals surface area contributed by atoms with Crippen molar-refractivity contribution in [2.45, 2.75) is 18.0 Å². The van der Waals surface area contributed by atoms with Crippen LogP contribution in [0.1, 0.15) is 21.7 Å². The minimum absolute atomic E-state index is 0.0112. The number of ether oxygens (including phenoxy) is 2. The minimum atomic E-state index is -3.99. The molecule has 0 aliphatic carbocycles. The van der Waals surface area contributed by atoms with E-state index >= 15 is 0 Å². The highest BCUT2D eigenvalue weighted by molar-refractivity contribution is 7.89. The summed E-state index contributed by atoms with van der Waals surface area (Å²) in [6.45, 7) is 0.0876. The Balaban J connectivity index is 2.00. The molecular formula is C22H24N2O6S. The number of carbonyl (C=O) groups excluding carboxylic acids is 1. The second-order valence-corrected chi connectivity index (χ2v) is 8.55. The third kappa shape index (κ3) is 5.07. The Bertz CT molecular complexity index is 1130. The molecule has 3 rings (SSSR count). The van der Waals surface area contributed by atoms with Crippen molar-refractivity contribution < 1.29 is 27.1 Å². The molecule has 1 amide bonds. The summed E-state index contributed by atoms with van der Waals surface area (Å²) in [7, 11) is 0.435. The summed E-state index contributed by atoms with van der Waals surface area (Å²) in [5.74, 6) is 0.882. The van der Waals surface area contributed by atoms with Gasteiger partial charge in [-0.2, -0.15) is 4.31 Å². The first kappa shape index (κ1) is 22.4. The highest BCUT2D eigenvalue weighted by Crippen LogP contribution is 2.32. The first-order chi connectivity index (χ1) is 14.9. The summed E-state index contributed by atoms with van der Waals surface area (Å²) < 4.78 is 44.4. The fraction of sp³-hybridized carbons (Fsp3) is 0.227. The molecule has 164 valence electrons. The fourth-order valence-electron chi connectivity index (χ4n) is 3.04. The molecule has 0 unspecified atom stereocenters. The van der Waals surface area contributed by atoms with E-state index in [9.17, 15) is 13.2 Å². The fourth-order valence-corrected chi connectivity index (χ4v) is 4.60. The number of furan rings is 1. The quantitative estimate of drug-likeness (QED) is 0.545. The van der Waals surface area contributed by atoms with Crippen LogP contribution in [0.5, 0.6) is 11.5 Å². The summed E-state index contributed by atoms with van der Waals surface area (Å²) in [5.41, 5.74) is 1.20. The third-order valence-electron chi connectivity index (χ3n) is 4.70. The van der Waals surface area contributed by atoms with Gasteiger partial charge >= 0.3 is 0 Å². The van der Waals surface area contributed by atoms with E-state index in [0.29, 0.717) is 22.6 Å². The van der Waals surface area contributed by atoms with Crippen LogP contribution in [0, 0.1) is 0 Å². The van der Waals surface area contributed by atoms with Gasteiger partial charge in [-0.05, 0) is 42.0 Å². The minimum Gasteiger partial charge on any atom is -0.497 e. The average Bonchev–Trinajstić information content (AvgIpc) is 3.31. The lowest BCUT2D eigenvalue weighted by molar-refractivity contribution is 0.0963. The summed E-state index contributed by atoms with van der Waals surface area (Å²) in [5, 5.41) is 2.56. The van der Waals surface area contributed by atoms with Crippen molar-refractivity contribution >= 4 is 15.9 Å². The average molecular weight is 445 g/mol. The molecule has 0 radical (unpaired) electrons. The molecule has 2 aromatic carbocycles. The highest BCUT2D eigenvalue weighted by Gasteiger charge is 2.29. The molecule has 8 nitrogen and oxygen atoms in total. The maximum atomic E-state index is 13.6. The van der Waals surface area contributed by atoms with E-state index in [0.717, 1.165) is 0 Å². The molecule has 1 aromatic heterocycles. The van der Waals surface area contributed by atoms with Gasteiger partial charge in [0.1, 0.15) is 22.2 Å². The predicted octanol–water partition coefficient (Wildman–Crippen LogP) is 3.05. The van der Waals surface area contributed by atoms with E-state index in [1.165, 1.54) is 30.9 Å². The number of hydrogen-bond donors (Lipinski definition) is 1. The Labute approximate surface area is 181 Å². The van der Waals surface area contributed by atoms with Crippen LogP contribution in [0.2, 0.25) is 0 Å². The molecule has 0 spiro atoms. The molecule has 0 saturated carbocycles. The number of sulfonamides is 1. The smallest absolute Gasteiger partial charge is 0.251 e. The first-order valence-corrected chi connectivity index (χ1v) is 10.9. The second-order valence-electron chi connectivity index (χ2n) is 6.65. The van der Waals surface area contributed by atoms with Crippen molar-refractivity contribution in [1.82, 2.24) is 9.62 Å². The molecule has 1 N–H and O–H groups in total. The number of hydrogen-bond acceptors (Lipinski definition) is 6. The van der Waals surface area contributed by atoms with Crippen LogP contribution < -0.4 is 14.8 Å². The van der Waals surface area contributed by atoms with Gasteiger partial charge in [-0.15, -0.1) is 0 Å². The Hall–Kier alpha value is -3.30. The van der Waals surface area contributed by atoms with Crippen molar-refractivity contribution in [2.75, 3.05) is 21.3 Å². The zero-order valence-corrected chi connectivity index (χ0v) is 18.3. The summed E-state index contributed by atoms with van der Waals surface area (Å²) >= 11 is 0. The van der Waals surface area contributed by atoms with E-state index in [4.69, 9.17) is 13.9 Å². The van der Waals surface area contributed by atoms with Gasteiger partial charge in [0.15, 0.2) is 0 Å². The van der Waals surface area contributed by atoms with Crippen LogP contribution in [-0.4, -0.2) is 39.9 Å². The maximum Gasteiger partial charge on any atom is 0.251 e. The number of benzene rings is 2. The van der Waals surface area contributed by atoms with Crippen LogP contribution in [-0.2, 0) is 23.1 Å². The SMILES string of the molecule is CNC(=O)c1ccc(CN(Cc2ccco2)S(=O)(=O)c2cc(OC)ccc2OC)cc1. The molecule has 0 bridgehead atoms. The highest BCUT2D eigenvalue weighted by atomic mass is 32.2. The molecule has 31 heavy (non-hydrogen) atoms. The van der Waals surface area contributed by atoms with Crippen LogP contribution in [0.15, 0.2) is 70.2 Å². The molecule has 0 atom stereocenters. The number of amides is 1. The lowest BCUT2D eigenvalue weighted by atomic mass is 10.1. The summed E-state index contributed by atoms with van der Waals surface area (Å²) in [6.07, 6.45) is 1.49. The Kier molecular flexibility index (Phi) is 6.98. The standard InChI is InChI=1S/C22H24N2O6S/c1-23-22(25)17-8-6-16(7-9-17)14-24(15-19-5-4-12-30-19)31(26,27)21-13-18(28-2)10-11-20(21)29-3/h4-13H,14-15H2,1-3H3,(H,23,25). The van der Waals surface area contributed by atoms with Gasteiger partial charge in [0.05, 0.1) is 27.0 Å². The zero-order valence-electron chi connectivity index (χ0n) is 17.5. The van der Waals surface area contributed by atoms with Crippen molar-refractivity contribution in [2.24, 2.45) is 0 Å². The van der Waals surface area contributed by atoms with Crippen molar-refractivity contribution in [1.29, 1.82) is 0 Å². The molecule has 0 aliphatic rings. The zero-order chi connectivity index (χ0) is 22.4. The van der Waals surface area contributed by atoms with Gasteiger partial charge in [0.25, 0.3) is 5.91 Å². The number of nitrogens with one attached hydrogen (secondary N) is 1. The van der Waals surface area contributed by atoms with E-state index in [1.54, 1.807) is 55.6 Å². The largest absolute Gasteiger partial charge is 0.497 e. The molecule has 1 heterocycles. The van der Waals surface area contributed by atoms with Crippen LogP contribution >= 0.6 is 0 Å². The lowest BCUT2D eigenvalue weighted by Gasteiger charge is -2.23. The van der Waals surface area contributed by atoms with E-state index < -0.39 is 10.0 Å². The van der Waals surface area contributed by atoms with E-state index in [-0.39, 0.29) is 29.6 Å². The van der Waals surface area contributed by atoms with E-state index in [2.05, 4.69) is 5.32 Å². The Morgan fingerprint density at radius 1 is 1.03 bits per heavy atom. The molecular weight excluding hydrogens is 420 g/mol. The van der Waals surface area contributed by atoms with Crippen molar-refractivity contribution in [3.05, 3.63) is 77.7 Å². The first-order valence-electron chi connectivity index (χ1n) is 9.44. The number of carbonyl (C=O) groups is 1. The van der Waals surface area contributed by atoms with Gasteiger partial charge in [-0.1, -0.05) is 12.1 Å². The van der Waals surface area contributed by atoms with Crippen LogP contribution in [0.4, 0.5) is 0 Å². The molecule has 0 aliphatic heterocycles.